The van der Waals surface area contributed by atoms with E-state index in [1.54, 1.807) is 25.7 Å². The van der Waals surface area contributed by atoms with E-state index >= 15 is 0 Å². The zero-order valence-corrected chi connectivity index (χ0v) is 14.4. The lowest BCUT2D eigenvalue weighted by molar-refractivity contribution is -0.149. The molecule has 24 heavy (non-hydrogen) atoms. The molecule has 0 unspecified atom stereocenters. The molecule has 8 heteroatoms. The minimum Gasteiger partial charge on any atom is -0.481 e. The van der Waals surface area contributed by atoms with Crippen LogP contribution >= 0.6 is 0 Å². The first kappa shape index (κ1) is 18.2. The van der Waals surface area contributed by atoms with Crippen LogP contribution in [0.2, 0.25) is 0 Å². The van der Waals surface area contributed by atoms with Gasteiger partial charge in [0.2, 0.25) is 5.91 Å². The van der Waals surface area contributed by atoms with Crippen LogP contribution in [0.25, 0.3) is 0 Å². The van der Waals surface area contributed by atoms with Crippen LogP contribution in [0.15, 0.2) is 0 Å². The number of amides is 4. The van der Waals surface area contributed by atoms with E-state index in [4.69, 9.17) is 0 Å². The van der Waals surface area contributed by atoms with Gasteiger partial charge < -0.3 is 15.3 Å². The highest BCUT2D eigenvalue weighted by atomic mass is 16.4. The number of aliphatic carboxylic acids is 1. The molecule has 2 aliphatic heterocycles. The van der Waals surface area contributed by atoms with Crippen molar-refractivity contribution in [2.75, 3.05) is 13.1 Å². The molecule has 2 fully saturated rings. The molecule has 0 bridgehead atoms. The van der Waals surface area contributed by atoms with E-state index in [1.807, 2.05) is 0 Å². The normalized spacial score (nSPS) is 26.5. The molecule has 0 spiro atoms. The lowest BCUT2D eigenvalue weighted by Crippen LogP contribution is -2.49. The highest BCUT2D eigenvalue weighted by molar-refractivity contribution is 6.06. The first-order valence-electron chi connectivity index (χ1n) is 8.31. The second-order valence-corrected chi connectivity index (χ2v) is 7.03. The van der Waals surface area contributed by atoms with Crippen molar-refractivity contribution in [3.8, 4) is 0 Å². The van der Waals surface area contributed by atoms with E-state index in [1.165, 1.54) is 0 Å². The SMILES string of the molecule is C[C@@H]1[C@H](C(=O)O)CCCN1C(=O)CCCN1C(=O)NC(C)(C)C1=O. The molecule has 8 nitrogen and oxygen atoms in total. The number of nitrogens with zero attached hydrogens (tertiary/aromatic N) is 2. The summed E-state index contributed by atoms with van der Waals surface area (Å²) in [6.07, 6.45) is 1.81. The van der Waals surface area contributed by atoms with Crippen molar-refractivity contribution in [1.82, 2.24) is 15.1 Å². The number of carbonyl (C=O) groups is 4. The third-order valence-electron chi connectivity index (χ3n) is 4.84. The van der Waals surface area contributed by atoms with Crippen LogP contribution in [-0.4, -0.2) is 63.4 Å². The van der Waals surface area contributed by atoms with Gasteiger partial charge in [0, 0.05) is 25.6 Å². The topological polar surface area (TPSA) is 107 Å². The molecule has 0 saturated carbocycles. The van der Waals surface area contributed by atoms with Gasteiger partial charge in [0.05, 0.1) is 5.92 Å². The van der Waals surface area contributed by atoms with Crippen LogP contribution in [0.4, 0.5) is 4.79 Å². The molecule has 2 N–H and O–H groups in total. The zero-order chi connectivity index (χ0) is 18.1. The molecule has 0 aliphatic carbocycles. The predicted octanol–water partition coefficient (Wildman–Crippen LogP) is 0.809. The summed E-state index contributed by atoms with van der Waals surface area (Å²) in [5, 5.41) is 11.8. The van der Waals surface area contributed by atoms with Crippen molar-refractivity contribution in [3.63, 3.8) is 0 Å². The summed E-state index contributed by atoms with van der Waals surface area (Å²) in [4.78, 5) is 50.2. The Kier molecular flexibility index (Phi) is 5.15. The first-order valence-corrected chi connectivity index (χ1v) is 8.31. The van der Waals surface area contributed by atoms with Gasteiger partial charge in [0.25, 0.3) is 5.91 Å². The van der Waals surface area contributed by atoms with Crippen LogP contribution in [-0.2, 0) is 14.4 Å². The van der Waals surface area contributed by atoms with Crippen molar-refractivity contribution in [3.05, 3.63) is 0 Å². The van der Waals surface area contributed by atoms with E-state index < -0.39 is 23.5 Å². The Labute approximate surface area is 141 Å². The molecule has 0 radical (unpaired) electrons. The molecule has 0 aromatic heterocycles. The Morgan fingerprint density at radius 3 is 2.54 bits per heavy atom. The number of carboxylic acids is 1. The van der Waals surface area contributed by atoms with Gasteiger partial charge in [-0.05, 0) is 40.0 Å². The van der Waals surface area contributed by atoms with E-state index in [-0.39, 0.29) is 30.8 Å². The number of carbonyl (C=O) groups excluding carboxylic acids is 3. The van der Waals surface area contributed by atoms with Crippen molar-refractivity contribution >= 4 is 23.8 Å². The monoisotopic (exact) mass is 339 g/mol. The summed E-state index contributed by atoms with van der Waals surface area (Å²) < 4.78 is 0. The average Bonchev–Trinajstić information content (AvgIpc) is 2.68. The molecule has 2 aliphatic rings. The summed E-state index contributed by atoms with van der Waals surface area (Å²) in [5.41, 5.74) is -0.906. The van der Waals surface area contributed by atoms with E-state index in [0.717, 1.165) is 4.90 Å². The number of hydrogen-bond donors (Lipinski definition) is 2. The van der Waals surface area contributed by atoms with Crippen LogP contribution < -0.4 is 5.32 Å². The highest BCUT2D eigenvalue weighted by Crippen LogP contribution is 2.25. The fourth-order valence-electron chi connectivity index (χ4n) is 3.38. The molecule has 0 aromatic rings. The van der Waals surface area contributed by atoms with E-state index in [9.17, 15) is 24.3 Å². The molecule has 134 valence electrons. The van der Waals surface area contributed by atoms with Gasteiger partial charge in [-0.1, -0.05) is 0 Å². The van der Waals surface area contributed by atoms with Crippen LogP contribution in [0.3, 0.4) is 0 Å². The summed E-state index contributed by atoms with van der Waals surface area (Å²) in [6, 6.07) is -0.769. The lowest BCUT2D eigenvalue weighted by atomic mass is 9.90. The third-order valence-corrected chi connectivity index (χ3v) is 4.84. The highest BCUT2D eigenvalue weighted by Gasteiger charge is 2.44. The largest absolute Gasteiger partial charge is 0.481 e. The van der Waals surface area contributed by atoms with Crippen LogP contribution in [0.5, 0.6) is 0 Å². The number of carboxylic acid groups (broad SMARTS) is 1. The molecule has 2 atom stereocenters. The Morgan fingerprint density at radius 1 is 1.33 bits per heavy atom. The molecular formula is C16H25N3O5. The number of urea groups is 1. The molecule has 0 aromatic carbocycles. The first-order chi connectivity index (χ1) is 11.1. The predicted molar refractivity (Wildman–Crippen MR) is 85.1 cm³/mol. The molecule has 4 amide bonds. The van der Waals surface area contributed by atoms with Gasteiger partial charge in [-0.3, -0.25) is 19.3 Å². The van der Waals surface area contributed by atoms with Crippen LogP contribution in [0, 0.1) is 5.92 Å². The molecule has 2 heterocycles. The number of nitrogens with one attached hydrogen (secondary N) is 1. The van der Waals surface area contributed by atoms with E-state index in [2.05, 4.69) is 5.32 Å². The maximum Gasteiger partial charge on any atom is 0.325 e. The lowest BCUT2D eigenvalue weighted by Gasteiger charge is -2.37. The third kappa shape index (κ3) is 3.52. The minimum absolute atomic E-state index is 0.125. The number of hydrogen-bond acceptors (Lipinski definition) is 4. The molecule has 2 saturated heterocycles. The van der Waals surface area contributed by atoms with Crippen LogP contribution in [0.1, 0.15) is 46.5 Å². The maximum absolute atomic E-state index is 12.4. The zero-order valence-electron chi connectivity index (χ0n) is 14.4. The van der Waals surface area contributed by atoms with Gasteiger partial charge in [0.15, 0.2) is 0 Å². The summed E-state index contributed by atoms with van der Waals surface area (Å²) in [7, 11) is 0. The molecule has 2 rings (SSSR count). The molecular weight excluding hydrogens is 314 g/mol. The van der Waals surface area contributed by atoms with E-state index in [0.29, 0.717) is 25.8 Å². The smallest absolute Gasteiger partial charge is 0.325 e. The fourth-order valence-corrected chi connectivity index (χ4v) is 3.38. The summed E-state index contributed by atoms with van der Waals surface area (Å²) >= 11 is 0. The number of likely N-dealkylation sites (tertiary alicyclic amines) is 1. The minimum atomic E-state index is -0.906. The average molecular weight is 339 g/mol. The second-order valence-electron chi connectivity index (χ2n) is 7.03. The Balaban J connectivity index is 1.86. The standard InChI is InChI=1S/C16H25N3O5/c1-10-11(13(21)22)6-4-8-18(10)12(20)7-5-9-19-14(23)16(2,3)17-15(19)24/h10-11H,4-9H2,1-3H3,(H,17,24)(H,21,22)/t10-,11-/m1/s1. The summed E-state index contributed by atoms with van der Waals surface area (Å²) in [6.45, 7) is 5.78. The van der Waals surface area contributed by atoms with Crippen molar-refractivity contribution in [1.29, 1.82) is 0 Å². The Morgan fingerprint density at radius 2 is 2.00 bits per heavy atom. The van der Waals surface area contributed by atoms with Crippen molar-refractivity contribution < 1.29 is 24.3 Å². The fraction of sp³-hybridized carbons (Fsp3) is 0.750. The number of imide groups is 1. The summed E-state index contributed by atoms with van der Waals surface area (Å²) in [5.74, 6) is -1.83. The number of rotatable bonds is 5. The van der Waals surface area contributed by atoms with Gasteiger partial charge in [0.1, 0.15) is 5.54 Å². The Bertz CT molecular complexity index is 560. The van der Waals surface area contributed by atoms with Crippen molar-refractivity contribution in [2.24, 2.45) is 5.92 Å². The quantitative estimate of drug-likeness (QED) is 0.721. The van der Waals surface area contributed by atoms with Crippen molar-refractivity contribution in [2.45, 2.75) is 58.0 Å². The number of piperidine rings is 1. The second kappa shape index (κ2) is 6.78. The maximum atomic E-state index is 12.4. The Hall–Kier alpha value is -2.12. The van der Waals surface area contributed by atoms with Gasteiger partial charge in [-0.2, -0.15) is 0 Å². The van der Waals surface area contributed by atoms with Gasteiger partial charge in [-0.25, -0.2) is 4.79 Å². The van der Waals surface area contributed by atoms with Gasteiger partial charge >= 0.3 is 12.0 Å². The van der Waals surface area contributed by atoms with Gasteiger partial charge in [-0.15, -0.1) is 0 Å².